The summed E-state index contributed by atoms with van der Waals surface area (Å²) in [6.07, 6.45) is 0.789. The molecule has 0 fully saturated rings. The molecule has 1 N–H and O–H groups in total. The van der Waals surface area contributed by atoms with E-state index in [4.69, 9.17) is 0 Å². The Balaban J connectivity index is 1.94. The van der Waals surface area contributed by atoms with E-state index in [9.17, 15) is 9.59 Å². The molecule has 138 valence electrons. The molecule has 6 heteroatoms. The molecule has 2 amide bonds. The summed E-state index contributed by atoms with van der Waals surface area (Å²) < 4.78 is 1.95. The van der Waals surface area contributed by atoms with E-state index in [1.807, 2.05) is 42.8 Å². The second-order valence-electron chi connectivity index (χ2n) is 7.09. The molecule has 1 unspecified atom stereocenters. The van der Waals surface area contributed by atoms with Crippen LogP contribution in [0.5, 0.6) is 0 Å². The average Bonchev–Trinajstić information content (AvgIpc) is 3.13. The number of benzene rings is 1. The number of carbonyl (C=O) groups excluding carboxylic acids is 2. The average molecular weight is 354 g/mol. The Bertz CT molecular complexity index is 853. The van der Waals surface area contributed by atoms with Crippen molar-refractivity contribution >= 4 is 17.5 Å². The molecule has 1 atom stereocenters. The summed E-state index contributed by atoms with van der Waals surface area (Å²) in [5.41, 5.74) is 4.69. The summed E-state index contributed by atoms with van der Waals surface area (Å²) >= 11 is 0. The number of nitrogens with zero attached hydrogens (tertiary/aromatic N) is 3. The van der Waals surface area contributed by atoms with Crippen molar-refractivity contribution in [3.63, 3.8) is 0 Å². The van der Waals surface area contributed by atoms with Gasteiger partial charge in [0.25, 0.3) is 0 Å². The van der Waals surface area contributed by atoms with E-state index < -0.39 is 6.04 Å². The third-order valence-corrected chi connectivity index (χ3v) is 5.09. The summed E-state index contributed by atoms with van der Waals surface area (Å²) in [6.45, 7) is 8.08. The monoisotopic (exact) mass is 354 g/mol. The number of nitrogens with one attached hydrogen (secondary N) is 1. The Morgan fingerprint density at radius 1 is 1.27 bits per heavy atom. The summed E-state index contributed by atoms with van der Waals surface area (Å²) in [6, 6.07) is 7.47. The number of aromatic nitrogens is 2. The maximum atomic E-state index is 13.2. The van der Waals surface area contributed by atoms with Crippen molar-refractivity contribution in [2.75, 3.05) is 11.9 Å². The smallest absolute Gasteiger partial charge is 0.243 e. The maximum absolute atomic E-state index is 13.2. The van der Waals surface area contributed by atoms with E-state index in [-0.39, 0.29) is 24.3 Å². The number of aryl methyl sites for hydroxylation is 1. The lowest BCUT2D eigenvalue weighted by atomic mass is 10.1. The van der Waals surface area contributed by atoms with E-state index in [1.54, 1.807) is 11.9 Å². The molecule has 0 saturated carbocycles. The number of fused-ring (bicyclic) bond motifs is 1. The quantitative estimate of drug-likeness (QED) is 0.916. The first kappa shape index (κ1) is 18.2. The number of likely N-dealkylation sites (N-methyl/N-ethyl adjacent to an activating group) is 1. The van der Waals surface area contributed by atoms with Gasteiger partial charge in [-0.3, -0.25) is 19.2 Å². The molecule has 26 heavy (non-hydrogen) atoms. The van der Waals surface area contributed by atoms with E-state index in [1.165, 1.54) is 0 Å². The lowest BCUT2D eigenvalue weighted by Crippen LogP contribution is -2.47. The highest BCUT2D eigenvalue weighted by Gasteiger charge is 2.38. The molecule has 0 spiro atoms. The first-order valence-electron chi connectivity index (χ1n) is 9.01. The first-order valence-corrected chi connectivity index (χ1v) is 9.01. The van der Waals surface area contributed by atoms with Crippen molar-refractivity contribution in [3.8, 4) is 0 Å². The van der Waals surface area contributed by atoms with Crippen LogP contribution in [-0.2, 0) is 22.4 Å². The van der Waals surface area contributed by atoms with Gasteiger partial charge in [-0.2, -0.15) is 5.10 Å². The lowest BCUT2D eigenvalue weighted by Gasteiger charge is -2.24. The van der Waals surface area contributed by atoms with Gasteiger partial charge in [-0.1, -0.05) is 18.2 Å². The lowest BCUT2D eigenvalue weighted by molar-refractivity contribution is -0.125. The number of anilines is 1. The summed E-state index contributed by atoms with van der Waals surface area (Å²) in [5, 5.41) is 7.25. The maximum Gasteiger partial charge on any atom is 0.243 e. The fourth-order valence-corrected chi connectivity index (χ4v) is 3.76. The van der Waals surface area contributed by atoms with E-state index in [0.717, 1.165) is 28.2 Å². The molecule has 3 rings (SSSR count). The van der Waals surface area contributed by atoms with Crippen molar-refractivity contribution in [2.24, 2.45) is 0 Å². The van der Waals surface area contributed by atoms with Crippen molar-refractivity contribution in [2.45, 2.75) is 52.6 Å². The zero-order chi connectivity index (χ0) is 19.0. The molecule has 2 heterocycles. The van der Waals surface area contributed by atoms with Crippen LogP contribution in [0, 0.1) is 13.8 Å². The molecule has 0 saturated heterocycles. The molecular weight excluding hydrogens is 328 g/mol. The third-order valence-electron chi connectivity index (χ3n) is 5.09. The minimum absolute atomic E-state index is 0.0712. The Kier molecular flexibility index (Phi) is 4.85. The standard InChI is InChI=1S/C20H26N4O2/c1-12(2)24-14(4)16(13(3)22-24)11-19(25)23-17-9-7-6-8-15(17)10-18(23)20(26)21-5/h6-9,12,18H,10-11H2,1-5H3,(H,21,26). The summed E-state index contributed by atoms with van der Waals surface area (Å²) in [4.78, 5) is 27.2. The highest BCUT2D eigenvalue weighted by molar-refractivity contribution is 6.04. The molecule has 0 aliphatic carbocycles. The van der Waals surface area contributed by atoms with Crippen LogP contribution in [0.1, 0.15) is 42.4 Å². The molecule has 6 nitrogen and oxygen atoms in total. The summed E-state index contributed by atoms with van der Waals surface area (Å²) in [5.74, 6) is -0.209. The molecule has 2 aromatic rings. The molecular formula is C20H26N4O2. The van der Waals surface area contributed by atoms with Gasteiger partial charge < -0.3 is 5.32 Å². The minimum Gasteiger partial charge on any atom is -0.357 e. The van der Waals surface area contributed by atoms with Crippen molar-refractivity contribution in [3.05, 3.63) is 46.8 Å². The Morgan fingerprint density at radius 3 is 2.58 bits per heavy atom. The predicted octanol–water partition coefficient (Wildman–Crippen LogP) is 2.33. The van der Waals surface area contributed by atoms with Crippen molar-refractivity contribution in [1.82, 2.24) is 15.1 Å². The molecule has 1 aromatic carbocycles. The Hall–Kier alpha value is -2.63. The SMILES string of the molecule is CNC(=O)C1Cc2ccccc2N1C(=O)Cc1c(C)nn(C(C)C)c1C. The number of carbonyl (C=O) groups is 2. The number of hydrogen-bond acceptors (Lipinski definition) is 3. The number of hydrogen-bond donors (Lipinski definition) is 1. The van der Waals surface area contributed by atoms with Gasteiger partial charge in [0.2, 0.25) is 11.8 Å². The van der Waals surface area contributed by atoms with E-state index >= 15 is 0 Å². The van der Waals surface area contributed by atoms with Gasteiger partial charge in [-0.25, -0.2) is 0 Å². The van der Waals surface area contributed by atoms with E-state index in [2.05, 4.69) is 24.3 Å². The Morgan fingerprint density at radius 2 is 1.96 bits per heavy atom. The molecule has 1 aliphatic rings. The van der Waals surface area contributed by atoms with Gasteiger partial charge in [-0.15, -0.1) is 0 Å². The zero-order valence-corrected chi connectivity index (χ0v) is 16.0. The van der Waals surface area contributed by atoms with Crippen LogP contribution in [0.2, 0.25) is 0 Å². The topological polar surface area (TPSA) is 67.2 Å². The van der Waals surface area contributed by atoms with Gasteiger partial charge in [0.15, 0.2) is 0 Å². The van der Waals surface area contributed by atoms with Crippen LogP contribution in [0.25, 0.3) is 0 Å². The van der Waals surface area contributed by atoms with Gasteiger partial charge in [-0.05, 0) is 39.3 Å². The number of rotatable bonds is 4. The van der Waals surface area contributed by atoms with Crippen molar-refractivity contribution in [1.29, 1.82) is 0 Å². The summed E-state index contributed by atoms with van der Waals surface area (Å²) in [7, 11) is 1.61. The fourth-order valence-electron chi connectivity index (χ4n) is 3.76. The highest BCUT2D eigenvalue weighted by atomic mass is 16.2. The molecule has 1 aliphatic heterocycles. The second kappa shape index (κ2) is 6.94. The second-order valence-corrected chi connectivity index (χ2v) is 7.09. The van der Waals surface area contributed by atoms with Gasteiger partial charge in [0, 0.05) is 36.5 Å². The number of amides is 2. The normalized spacial score (nSPS) is 16.1. The van der Waals surface area contributed by atoms with Crippen LogP contribution in [0.15, 0.2) is 24.3 Å². The zero-order valence-electron chi connectivity index (χ0n) is 16.0. The van der Waals surface area contributed by atoms with Crippen LogP contribution in [-0.4, -0.2) is 34.7 Å². The minimum atomic E-state index is -0.495. The van der Waals surface area contributed by atoms with Gasteiger partial charge in [0.05, 0.1) is 12.1 Å². The largest absolute Gasteiger partial charge is 0.357 e. The van der Waals surface area contributed by atoms with Crippen molar-refractivity contribution < 1.29 is 9.59 Å². The Labute approximate surface area is 154 Å². The van der Waals surface area contributed by atoms with Gasteiger partial charge in [0.1, 0.15) is 6.04 Å². The van der Waals surface area contributed by atoms with Crippen LogP contribution in [0.3, 0.4) is 0 Å². The van der Waals surface area contributed by atoms with Gasteiger partial charge >= 0.3 is 0 Å². The molecule has 0 radical (unpaired) electrons. The highest BCUT2D eigenvalue weighted by Crippen LogP contribution is 2.33. The molecule has 0 bridgehead atoms. The molecule has 1 aromatic heterocycles. The number of para-hydroxylation sites is 1. The van der Waals surface area contributed by atoms with Crippen LogP contribution in [0.4, 0.5) is 5.69 Å². The predicted molar refractivity (Wildman–Crippen MR) is 101 cm³/mol. The third kappa shape index (κ3) is 3.00. The van der Waals surface area contributed by atoms with Crippen LogP contribution >= 0.6 is 0 Å². The first-order chi connectivity index (χ1) is 12.3. The van der Waals surface area contributed by atoms with Crippen LogP contribution < -0.4 is 10.2 Å². The van der Waals surface area contributed by atoms with E-state index in [0.29, 0.717) is 6.42 Å². The fraction of sp³-hybridized carbons (Fsp3) is 0.450.